The maximum Gasteiger partial charge on any atom is 0.376 e. The molecule has 1 N–H and O–H groups in total. The summed E-state index contributed by atoms with van der Waals surface area (Å²) < 4.78 is 0. The van der Waals surface area contributed by atoms with Crippen LogP contribution in [0, 0.1) is 0 Å². The van der Waals surface area contributed by atoms with Crippen molar-refractivity contribution < 1.29 is 14.7 Å². The lowest BCUT2D eigenvalue weighted by Crippen LogP contribution is -2.09. The second-order valence-corrected chi connectivity index (χ2v) is 3.60. The average Bonchev–Trinajstić information content (AvgIpc) is 2.26. The molecule has 4 heteroatoms. The standard InChI is InChI=1S/C11H10O3S/c1-15-10(7-9(12)11(13)14)8-5-3-2-4-6-8/h2-7H,1H3,(H,13,14)/b10-7-. The molecule has 0 aliphatic rings. The van der Waals surface area contributed by atoms with E-state index in [0.717, 1.165) is 11.6 Å². The molecule has 0 spiro atoms. The highest BCUT2D eigenvalue weighted by atomic mass is 32.2. The van der Waals surface area contributed by atoms with Crippen LogP contribution in [0.5, 0.6) is 0 Å². The number of carbonyl (C=O) groups excluding carboxylic acids is 1. The van der Waals surface area contributed by atoms with Crippen molar-refractivity contribution in [2.24, 2.45) is 0 Å². The Morgan fingerprint density at radius 1 is 1.27 bits per heavy atom. The van der Waals surface area contributed by atoms with Gasteiger partial charge in [-0.05, 0) is 11.8 Å². The van der Waals surface area contributed by atoms with Crippen molar-refractivity contribution in [3.8, 4) is 0 Å². The van der Waals surface area contributed by atoms with E-state index in [1.165, 1.54) is 11.8 Å². The van der Waals surface area contributed by atoms with E-state index < -0.39 is 11.8 Å². The minimum absolute atomic E-state index is 0.656. The van der Waals surface area contributed by atoms with Crippen LogP contribution < -0.4 is 0 Å². The molecular formula is C11H10O3S. The van der Waals surface area contributed by atoms with Gasteiger partial charge in [0.15, 0.2) is 0 Å². The van der Waals surface area contributed by atoms with Crippen LogP contribution in [-0.2, 0) is 9.59 Å². The van der Waals surface area contributed by atoms with Gasteiger partial charge < -0.3 is 5.11 Å². The molecule has 0 aliphatic carbocycles. The molecule has 0 bridgehead atoms. The third-order valence-electron chi connectivity index (χ3n) is 1.75. The number of rotatable bonds is 4. The van der Waals surface area contributed by atoms with Crippen molar-refractivity contribution in [2.75, 3.05) is 6.26 Å². The van der Waals surface area contributed by atoms with Crippen molar-refractivity contribution in [2.45, 2.75) is 0 Å². The number of carbonyl (C=O) groups is 2. The minimum atomic E-state index is -1.43. The van der Waals surface area contributed by atoms with Crippen LogP contribution in [0.25, 0.3) is 4.91 Å². The van der Waals surface area contributed by atoms with Crippen molar-refractivity contribution in [1.29, 1.82) is 0 Å². The Kier molecular flexibility index (Phi) is 4.12. The Morgan fingerprint density at radius 2 is 1.87 bits per heavy atom. The van der Waals surface area contributed by atoms with E-state index in [4.69, 9.17) is 5.11 Å². The molecule has 78 valence electrons. The Morgan fingerprint density at radius 3 is 2.33 bits per heavy atom. The van der Waals surface area contributed by atoms with E-state index in [-0.39, 0.29) is 0 Å². The fraction of sp³-hybridized carbons (Fsp3) is 0.0909. The molecule has 0 aromatic heterocycles. The van der Waals surface area contributed by atoms with Gasteiger partial charge in [-0.2, -0.15) is 0 Å². The fourth-order valence-electron chi connectivity index (χ4n) is 1.04. The molecule has 0 saturated carbocycles. The SMILES string of the molecule is CS/C(=C\C(=O)C(=O)O)c1ccccc1. The van der Waals surface area contributed by atoms with Gasteiger partial charge in [0.05, 0.1) is 0 Å². The number of benzene rings is 1. The van der Waals surface area contributed by atoms with E-state index >= 15 is 0 Å². The van der Waals surface area contributed by atoms with Crippen LogP contribution in [0.4, 0.5) is 0 Å². The Labute approximate surface area is 91.8 Å². The normalized spacial score (nSPS) is 11.1. The van der Waals surface area contributed by atoms with Crippen LogP contribution in [0.2, 0.25) is 0 Å². The molecular weight excluding hydrogens is 212 g/mol. The summed E-state index contributed by atoms with van der Waals surface area (Å²) in [6.45, 7) is 0. The predicted molar refractivity (Wildman–Crippen MR) is 60.6 cm³/mol. The highest BCUT2D eigenvalue weighted by Gasteiger charge is 2.10. The van der Waals surface area contributed by atoms with Gasteiger partial charge in [0.2, 0.25) is 0 Å². The lowest BCUT2D eigenvalue weighted by Gasteiger charge is -2.02. The van der Waals surface area contributed by atoms with Crippen molar-refractivity contribution in [3.63, 3.8) is 0 Å². The summed E-state index contributed by atoms with van der Waals surface area (Å²) in [6.07, 6.45) is 2.94. The first-order valence-electron chi connectivity index (χ1n) is 4.23. The first-order valence-corrected chi connectivity index (χ1v) is 5.46. The lowest BCUT2D eigenvalue weighted by molar-refractivity contribution is -0.146. The van der Waals surface area contributed by atoms with Gasteiger partial charge in [-0.15, -0.1) is 11.8 Å². The number of aliphatic carboxylic acids is 1. The van der Waals surface area contributed by atoms with Crippen LogP contribution in [0.15, 0.2) is 36.4 Å². The highest BCUT2D eigenvalue weighted by Crippen LogP contribution is 2.24. The molecule has 0 heterocycles. The summed E-state index contributed by atoms with van der Waals surface area (Å²) in [7, 11) is 0. The molecule has 1 aromatic carbocycles. The molecule has 0 atom stereocenters. The monoisotopic (exact) mass is 222 g/mol. The molecule has 0 saturated heterocycles. The molecule has 15 heavy (non-hydrogen) atoms. The summed E-state index contributed by atoms with van der Waals surface area (Å²) in [5, 5.41) is 8.47. The molecule has 0 amide bonds. The van der Waals surface area contributed by atoms with Gasteiger partial charge in [-0.1, -0.05) is 30.3 Å². The topological polar surface area (TPSA) is 54.4 Å². The highest BCUT2D eigenvalue weighted by molar-refractivity contribution is 8.07. The average molecular weight is 222 g/mol. The molecule has 0 radical (unpaired) electrons. The third kappa shape index (κ3) is 3.25. The zero-order valence-electron chi connectivity index (χ0n) is 8.14. The van der Waals surface area contributed by atoms with Crippen LogP contribution in [-0.4, -0.2) is 23.1 Å². The van der Waals surface area contributed by atoms with E-state index in [1.54, 1.807) is 6.26 Å². The predicted octanol–water partition coefficient (Wildman–Crippen LogP) is 2.04. The minimum Gasteiger partial charge on any atom is -0.475 e. The number of carboxylic acid groups (broad SMARTS) is 1. The van der Waals surface area contributed by atoms with Crippen LogP contribution in [0.1, 0.15) is 5.56 Å². The van der Waals surface area contributed by atoms with Gasteiger partial charge in [-0.3, -0.25) is 4.79 Å². The smallest absolute Gasteiger partial charge is 0.376 e. The zero-order valence-corrected chi connectivity index (χ0v) is 8.95. The summed E-state index contributed by atoms with van der Waals surface area (Å²) >= 11 is 1.35. The van der Waals surface area contributed by atoms with Crippen molar-refractivity contribution in [1.82, 2.24) is 0 Å². The number of thioether (sulfide) groups is 1. The van der Waals surface area contributed by atoms with E-state index in [0.29, 0.717) is 4.91 Å². The van der Waals surface area contributed by atoms with E-state index in [1.807, 2.05) is 30.3 Å². The maximum atomic E-state index is 11.0. The molecule has 0 aliphatic heterocycles. The Balaban J connectivity index is 2.99. The number of carboxylic acids is 1. The van der Waals surface area contributed by atoms with Crippen LogP contribution >= 0.6 is 11.8 Å². The number of hydrogen-bond donors (Lipinski definition) is 1. The first-order chi connectivity index (χ1) is 7.15. The lowest BCUT2D eigenvalue weighted by atomic mass is 10.2. The number of hydrogen-bond acceptors (Lipinski definition) is 3. The van der Waals surface area contributed by atoms with Gasteiger partial charge >= 0.3 is 5.97 Å². The molecule has 0 fully saturated rings. The first kappa shape index (κ1) is 11.5. The molecule has 1 rings (SSSR count). The summed E-state index contributed by atoms with van der Waals surface area (Å²) in [5.41, 5.74) is 0.847. The van der Waals surface area contributed by atoms with E-state index in [2.05, 4.69) is 0 Å². The van der Waals surface area contributed by atoms with Gasteiger partial charge in [-0.25, -0.2) is 4.79 Å². The quantitative estimate of drug-likeness (QED) is 0.625. The summed E-state index contributed by atoms with van der Waals surface area (Å²) in [5.74, 6) is -2.33. The molecule has 1 aromatic rings. The fourth-order valence-corrected chi connectivity index (χ4v) is 1.64. The third-order valence-corrected chi connectivity index (χ3v) is 2.54. The van der Waals surface area contributed by atoms with Gasteiger partial charge in [0, 0.05) is 11.0 Å². The van der Waals surface area contributed by atoms with Gasteiger partial charge in [0.1, 0.15) is 0 Å². The zero-order chi connectivity index (χ0) is 11.3. The second-order valence-electron chi connectivity index (χ2n) is 2.75. The molecule has 0 unspecified atom stereocenters. The van der Waals surface area contributed by atoms with Crippen LogP contribution in [0.3, 0.4) is 0 Å². The maximum absolute atomic E-state index is 11.0. The van der Waals surface area contributed by atoms with Crippen molar-refractivity contribution in [3.05, 3.63) is 42.0 Å². The van der Waals surface area contributed by atoms with Crippen molar-refractivity contribution >= 4 is 28.4 Å². The molecule has 3 nitrogen and oxygen atoms in total. The second kappa shape index (κ2) is 5.36. The Bertz CT molecular complexity index is 396. The largest absolute Gasteiger partial charge is 0.475 e. The van der Waals surface area contributed by atoms with E-state index in [9.17, 15) is 9.59 Å². The summed E-state index contributed by atoms with van der Waals surface area (Å²) in [4.78, 5) is 22.0. The van der Waals surface area contributed by atoms with Gasteiger partial charge in [0.25, 0.3) is 5.78 Å². The number of ketones is 1. The summed E-state index contributed by atoms with van der Waals surface area (Å²) in [6, 6.07) is 9.20. The Hall–Kier alpha value is -1.55.